The number of amides is 1. The minimum absolute atomic E-state index is 0.0301. The van der Waals surface area contributed by atoms with Gasteiger partial charge in [0.25, 0.3) is 5.91 Å². The van der Waals surface area contributed by atoms with E-state index < -0.39 is 0 Å². The summed E-state index contributed by atoms with van der Waals surface area (Å²) in [5, 5.41) is 0. The van der Waals surface area contributed by atoms with Gasteiger partial charge in [0.2, 0.25) is 0 Å². The lowest BCUT2D eigenvalue weighted by molar-refractivity contribution is 0.0996. The molecule has 0 atom stereocenters. The third-order valence-electron chi connectivity index (χ3n) is 4.52. The van der Waals surface area contributed by atoms with Crippen LogP contribution in [-0.4, -0.2) is 17.0 Å². The number of ether oxygens (including phenoxy) is 1. The molecule has 0 aliphatic heterocycles. The van der Waals surface area contributed by atoms with Crippen molar-refractivity contribution >= 4 is 17.4 Å². The Morgan fingerprint density at radius 3 is 2.56 bits per heavy atom. The molecule has 148 valence electrons. The maximum atomic E-state index is 13.0. The van der Waals surface area contributed by atoms with Gasteiger partial charge in [0.1, 0.15) is 10.4 Å². The van der Waals surface area contributed by atoms with Crippen molar-refractivity contribution in [3.8, 4) is 5.75 Å². The van der Waals surface area contributed by atoms with E-state index in [-0.39, 0.29) is 11.4 Å². The van der Waals surface area contributed by atoms with Crippen molar-refractivity contribution in [3.63, 3.8) is 0 Å². The van der Waals surface area contributed by atoms with Gasteiger partial charge in [-0.3, -0.25) is 8.75 Å². The normalized spacial score (nSPS) is 12.7. The van der Waals surface area contributed by atoms with Gasteiger partial charge in [0.15, 0.2) is 0 Å². The Morgan fingerprint density at radius 1 is 1.30 bits per heavy atom. The number of rotatable bonds is 6. The summed E-state index contributed by atoms with van der Waals surface area (Å²) >= 11 is 1.55. The molecular weight excluding hydrogens is 356 g/mol. The molecule has 0 radical (unpaired) electrons. The van der Waals surface area contributed by atoms with E-state index in [1.165, 1.54) is 0 Å². The fourth-order valence-electron chi connectivity index (χ4n) is 2.74. The first kappa shape index (κ1) is 21.4. The van der Waals surface area contributed by atoms with Gasteiger partial charge in [-0.2, -0.15) is 4.99 Å². The smallest absolute Gasteiger partial charge is 0.282 e. The number of hydrogen-bond donors (Lipinski definition) is 0. The standard InChI is InChI=1S/C22H32N2O2S/c1-8-9-10-17-14-24(22(4,5)6)27-21(17)23-20(25)18-13-16(15(2)3)11-12-19(18)26-7/h11-15H,8-10H2,1-7H3/b23-21-. The van der Waals surface area contributed by atoms with Crippen LogP contribution >= 0.6 is 11.5 Å². The van der Waals surface area contributed by atoms with E-state index in [9.17, 15) is 4.79 Å². The van der Waals surface area contributed by atoms with Crippen LogP contribution in [0, 0.1) is 0 Å². The van der Waals surface area contributed by atoms with Crippen LogP contribution in [0.25, 0.3) is 0 Å². The topological polar surface area (TPSA) is 43.6 Å². The fraction of sp³-hybridized carbons (Fsp3) is 0.545. The van der Waals surface area contributed by atoms with Gasteiger partial charge >= 0.3 is 0 Å². The van der Waals surface area contributed by atoms with Gasteiger partial charge in [0.05, 0.1) is 12.7 Å². The summed E-state index contributed by atoms with van der Waals surface area (Å²) in [4.78, 5) is 17.5. The number of methoxy groups -OCH3 is 1. The first-order valence-electron chi connectivity index (χ1n) is 9.66. The number of carbonyl (C=O) groups is 1. The third-order valence-corrected chi connectivity index (χ3v) is 5.89. The van der Waals surface area contributed by atoms with Crippen molar-refractivity contribution in [1.82, 2.24) is 3.96 Å². The van der Waals surface area contributed by atoms with Gasteiger partial charge in [-0.1, -0.05) is 33.3 Å². The highest BCUT2D eigenvalue weighted by atomic mass is 32.1. The second kappa shape index (κ2) is 8.87. The van der Waals surface area contributed by atoms with E-state index in [1.807, 2.05) is 18.2 Å². The van der Waals surface area contributed by atoms with Gasteiger partial charge in [-0.25, -0.2) is 0 Å². The Balaban J connectivity index is 2.53. The molecule has 2 rings (SSSR count). The zero-order valence-corrected chi connectivity index (χ0v) is 18.4. The lowest BCUT2D eigenvalue weighted by atomic mass is 10.00. The van der Waals surface area contributed by atoms with E-state index in [4.69, 9.17) is 4.74 Å². The van der Waals surface area contributed by atoms with Crippen molar-refractivity contribution in [1.29, 1.82) is 0 Å². The zero-order valence-electron chi connectivity index (χ0n) is 17.6. The Hall–Kier alpha value is -1.88. The van der Waals surface area contributed by atoms with Crippen LogP contribution in [0.15, 0.2) is 29.4 Å². The van der Waals surface area contributed by atoms with E-state index >= 15 is 0 Å². The van der Waals surface area contributed by atoms with Crippen LogP contribution in [0.2, 0.25) is 0 Å². The summed E-state index contributed by atoms with van der Waals surface area (Å²) in [5.74, 6) is 0.672. The summed E-state index contributed by atoms with van der Waals surface area (Å²) in [6.07, 6.45) is 5.28. The van der Waals surface area contributed by atoms with Gasteiger partial charge in [-0.05, 0) is 68.8 Å². The monoisotopic (exact) mass is 388 g/mol. The molecule has 0 N–H and O–H groups in total. The Labute approximate surface area is 167 Å². The van der Waals surface area contributed by atoms with Gasteiger partial charge in [-0.15, -0.1) is 0 Å². The predicted molar refractivity (Wildman–Crippen MR) is 113 cm³/mol. The molecule has 1 aromatic carbocycles. The first-order chi connectivity index (χ1) is 12.7. The van der Waals surface area contributed by atoms with Crippen molar-refractivity contribution < 1.29 is 9.53 Å². The van der Waals surface area contributed by atoms with Gasteiger partial charge in [0, 0.05) is 17.3 Å². The number of hydrogen-bond acceptors (Lipinski definition) is 3. The number of carbonyl (C=O) groups excluding carboxylic acids is 1. The van der Waals surface area contributed by atoms with Crippen LogP contribution in [0.1, 0.15) is 81.8 Å². The molecule has 1 heterocycles. The van der Waals surface area contributed by atoms with Crippen LogP contribution in [0.5, 0.6) is 5.75 Å². The average molecular weight is 389 g/mol. The third kappa shape index (κ3) is 5.32. The molecule has 0 unspecified atom stereocenters. The first-order valence-corrected chi connectivity index (χ1v) is 10.4. The highest BCUT2D eigenvalue weighted by Crippen LogP contribution is 2.25. The van der Waals surface area contributed by atoms with Crippen LogP contribution in [-0.2, 0) is 12.0 Å². The molecule has 27 heavy (non-hydrogen) atoms. The molecule has 4 nitrogen and oxygen atoms in total. The Bertz CT molecular complexity index is 854. The molecule has 0 aliphatic carbocycles. The minimum atomic E-state index is -0.241. The predicted octanol–water partition coefficient (Wildman–Crippen LogP) is 5.52. The fourth-order valence-corrected chi connectivity index (χ4v) is 3.78. The van der Waals surface area contributed by atoms with Crippen LogP contribution in [0.4, 0.5) is 0 Å². The number of benzene rings is 1. The second-order valence-electron chi connectivity index (χ2n) is 8.18. The molecule has 0 saturated carbocycles. The molecule has 0 bridgehead atoms. The highest BCUT2D eigenvalue weighted by Gasteiger charge is 2.18. The lowest BCUT2D eigenvalue weighted by Crippen LogP contribution is -2.18. The summed E-state index contributed by atoms with van der Waals surface area (Å²) in [7, 11) is 1.59. The van der Waals surface area contributed by atoms with Crippen LogP contribution < -0.4 is 9.41 Å². The number of unbranched alkanes of at least 4 members (excludes halogenated alkanes) is 1. The second-order valence-corrected chi connectivity index (χ2v) is 9.14. The maximum absolute atomic E-state index is 13.0. The van der Waals surface area contributed by atoms with Gasteiger partial charge < -0.3 is 4.74 Å². The van der Waals surface area contributed by atoms with E-state index in [2.05, 4.69) is 56.7 Å². The number of aromatic nitrogens is 1. The van der Waals surface area contributed by atoms with Crippen molar-refractivity contribution in [3.05, 3.63) is 45.8 Å². The molecule has 0 fully saturated rings. The van der Waals surface area contributed by atoms with Crippen LogP contribution in [0.3, 0.4) is 0 Å². The lowest BCUT2D eigenvalue weighted by Gasteiger charge is -2.19. The molecular formula is C22H32N2O2S. The zero-order chi connectivity index (χ0) is 20.2. The summed E-state index contributed by atoms with van der Waals surface area (Å²) in [5.41, 5.74) is 2.75. The summed E-state index contributed by atoms with van der Waals surface area (Å²) < 4.78 is 8.40. The highest BCUT2D eigenvalue weighted by molar-refractivity contribution is 7.04. The van der Waals surface area contributed by atoms with E-state index in [0.29, 0.717) is 17.2 Å². The molecule has 2 aromatic rings. The number of nitrogens with zero attached hydrogens (tertiary/aromatic N) is 2. The molecule has 1 aromatic heterocycles. The molecule has 1 amide bonds. The quantitative estimate of drug-likeness (QED) is 0.654. The number of aryl methyl sites for hydroxylation is 1. The minimum Gasteiger partial charge on any atom is -0.496 e. The Kier molecular flexibility index (Phi) is 7.04. The maximum Gasteiger partial charge on any atom is 0.282 e. The average Bonchev–Trinajstić information content (AvgIpc) is 3.02. The molecule has 0 aliphatic rings. The van der Waals surface area contributed by atoms with Crippen molar-refractivity contribution in [2.24, 2.45) is 4.99 Å². The van der Waals surface area contributed by atoms with Crippen molar-refractivity contribution in [2.45, 2.75) is 72.3 Å². The Morgan fingerprint density at radius 2 is 2.00 bits per heavy atom. The van der Waals surface area contributed by atoms with Crippen molar-refractivity contribution in [2.75, 3.05) is 7.11 Å². The summed E-state index contributed by atoms with van der Waals surface area (Å²) in [6, 6.07) is 5.78. The summed E-state index contributed by atoms with van der Waals surface area (Å²) in [6.45, 7) is 12.9. The molecule has 5 heteroatoms. The SMILES string of the molecule is CCCCc1cn(C(C)(C)C)s/c1=N\C(=O)c1cc(C(C)C)ccc1OC. The van der Waals surface area contributed by atoms with E-state index in [1.54, 1.807) is 18.6 Å². The largest absolute Gasteiger partial charge is 0.496 e. The molecule has 0 spiro atoms. The molecule has 0 saturated heterocycles. The van der Waals surface area contributed by atoms with E-state index in [0.717, 1.165) is 35.1 Å².